The maximum atomic E-state index is 11.7. The summed E-state index contributed by atoms with van der Waals surface area (Å²) in [5.74, 6) is 2.50. The van der Waals surface area contributed by atoms with Crippen molar-refractivity contribution in [2.24, 2.45) is 23.7 Å². The van der Waals surface area contributed by atoms with Crippen molar-refractivity contribution in [3.05, 3.63) is 41.5 Å². The zero-order valence-electron chi connectivity index (χ0n) is 14.4. The van der Waals surface area contributed by atoms with Crippen molar-refractivity contribution in [3.63, 3.8) is 0 Å². The highest BCUT2D eigenvalue weighted by Gasteiger charge is 2.44. The summed E-state index contributed by atoms with van der Waals surface area (Å²) in [4.78, 5) is 11.7. The predicted molar refractivity (Wildman–Crippen MR) is 90.1 cm³/mol. The smallest absolute Gasteiger partial charge is 0.310 e. The topological polar surface area (TPSA) is 35.5 Å². The van der Waals surface area contributed by atoms with Gasteiger partial charge >= 0.3 is 5.97 Å². The molecule has 1 saturated heterocycles. The molecule has 23 heavy (non-hydrogen) atoms. The number of hydrogen-bond acceptors (Lipinski definition) is 3. The molecule has 0 unspecified atom stereocenters. The highest BCUT2D eigenvalue weighted by molar-refractivity contribution is 5.72. The van der Waals surface area contributed by atoms with Gasteiger partial charge in [-0.2, -0.15) is 0 Å². The maximum absolute atomic E-state index is 11.7. The molecule has 3 rings (SSSR count). The van der Waals surface area contributed by atoms with Crippen LogP contribution in [0.3, 0.4) is 0 Å². The molecule has 1 aromatic carbocycles. The second-order valence-corrected chi connectivity index (χ2v) is 6.94. The minimum Gasteiger partial charge on any atom is -0.426 e. The van der Waals surface area contributed by atoms with Crippen LogP contribution in [0.25, 0.3) is 0 Å². The van der Waals surface area contributed by atoms with Gasteiger partial charge in [-0.1, -0.05) is 50.6 Å². The molecule has 1 aliphatic carbocycles. The van der Waals surface area contributed by atoms with Gasteiger partial charge in [-0.3, -0.25) is 4.79 Å². The van der Waals surface area contributed by atoms with Crippen molar-refractivity contribution < 1.29 is 14.3 Å². The Bertz CT molecular complexity index is 619. The van der Waals surface area contributed by atoms with Crippen molar-refractivity contribution >= 4 is 5.97 Å². The fraction of sp³-hybridized carbons (Fsp3) is 0.550. The molecule has 3 nitrogen and oxygen atoms in total. The van der Waals surface area contributed by atoms with E-state index in [4.69, 9.17) is 9.47 Å². The molecule has 0 N–H and O–H groups in total. The molecule has 124 valence electrons. The van der Waals surface area contributed by atoms with Gasteiger partial charge in [0.05, 0.1) is 12.7 Å². The van der Waals surface area contributed by atoms with E-state index in [1.807, 2.05) is 31.2 Å². The van der Waals surface area contributed by atoms with Crippen LogP contribution >= 0.6 is 0 Å². The number of carbonyl (C=O) groups is 1. The van der Waals surface area contributed by atoms with Gasteiger partial charge in [-0.25, -0.2) is 0 Å². The van der Waals surface area contributed by atoms with E-state index in [1.165, 1.54) is 5.57 Å². The van der Waals surface area contributed by atoms with Crippen molar-refractivity contribution in [1.29, 1.82) is 0 Å². The van der Waals surface area contributed by atoms with Gasteiger partial charge in [-0.15, -0.1) is 0 Å². The Balaban J connectivity index is 1.96. The number of benzene rings is 1. The number of hydrogen-bond donors (Lipinski definition) is 0. The normalized spacial score (nSPS) is 33.0. The number of para-hydroxylation sites is 1. The molecule has 0 aromatic heterocycles. The SMILES string of the molecule is CCC(=O)Oc1ccccc1[C@@H]1OC[C@@H]2[C@@H](C)[C@@H]1C(C)=C[C@H]2C. The van der Waals surface area contributed by atoms with Crippen molar-refractivity contribution in [2.45, 2.75) is 40.2 Å². The first-order valence-electron chi connectivity index (χ1n) is 8.62. The van der Waals surface area contributed by atoms with Gasteiger partial charge < -0.3 is 9.47 Å². The summed E-state index contributed by atoms with van der Waals surface area (Å²) in [5.41, 5.74) is 2.38. The van der Waals surface area contributed by atoms with Crippen LogP contribution in [0.5, 0.6) is 5.75 Å². The summed E-state index contributed by atoms with van der Waals surface area (Å²) in [5, 5.41) is 0. The van der Waals surface area contributed by atoms with E-state index in [0.717, 1.165) is 12.2 Å². The Kier molecular flexibility index (Phi) is 4.58. The van der Waals surface area contributed by atoms with Gasteiger partial charge in [0.1, 0.15) is 5.75 Å². The molecule has 1 heterocycles. The molecule has 0 amide bonds. The minimum absolute atomic E-state index is 0.0362. The van der Waals surface area contributed by atoms with Gasteiger partial charge in [0.2, 0.25) is 0 Å². The summed E-state index contributed by atoms with van der Waals surface area (Å²) < 4.78 is 11.8. The largest absolute Gasteiger partial charge is 0.426 e. The van der Waals surface area contributed by atoms with Crippen LogP contribution in [0, 0.1) is 23.7 Å². The number of allylic oxidation sites excluding steroid dienone is 1. The third-order valence-electron chi connectivity index (χ3n) is 5.50. The average molecular weight is 314 g/mol. The summed E-state index contributed by atoms with van der Waals surface area (Å²) in [7, 11) is 0. The Labute approximate surface area is 138 Å². The molecule has 1 aromatic rings. The van der Waals surface area contributed by atoms with Gasteiger partial charge in [0, 0.05) is 17.9 Å². The summed E-state index contributed by atoms with van der Waals surface area (Å²) in [6.07, 6.45) is 2.73. The van der Waals surface area contributed by atoms with Crippen LogP contribution in [0.2, 0.25) is 0 Å². The van der Waals surface area contributed by atoms with Crippen LogP contribution in [0.15, 0.2) is 35.9 Å². The van der Waals surface area contributed by atoms with E-state index in [9.17, 15) is 4.79 Å². The Hall–Kier alpha value is -1.61. The highest BCUT2D eigenvalue weighted by atomic mass is 16.5. The van der Waals surface area contributed by atoms with Crippen LogP contribution in [-0.4, -0.2) is 12.6 Å². The number of esters is 1. The molecular formula is C20H26O3. The number of rotatable bonds is 3. The Morgan fingerprint density at radius 3 is 2.78 bits per heavy atom. The lowest BCUT2D eigenvalue weighted by molar-refractivity contribution is -0.134. The number of ether oxygens (including phenoxy) is 2. The molecule has 0 spiro atoms. The first kappa shape index (κ1) is 16.3. The molecule has 1 aliphatic heterocycles. The first-order chi connectivity index (χ1) is 11.0. The molecular weight excluding hydrogens is 288 g/mol. The van der Waals surface area contributed by atoms with Crippen molar-refractivity contribution in [1.82, 2.24) is 0 Å². The van der Waals surface area contributed by atoms with Crippen LogP contribution < -0.4 is 4.74 Å². The number of fused-ring (bicyclic) bond motifs is 2. The lowest BCUT2D eigenvalue weighted by Gasteiger charge is -2.47. The second kappa shape index (κ2) is 6.48. The highest BCUT2D eigenvalue weighted by Crippen LogP contribution is 2.50. The van der Waals surface area contributed by atoms with Gasteiger partial charge in [0.15, 0.2) is 0 Å². The van der Waals surface area contributed by atoms with Gasteiger partial charge in [-0.05, 0) is 30.7 Å². The van der Waals surface area contributed by atoms with E-state index in [-0.39, 0.29) is 12.1 Å². The second-order valence-electron chi connectivity index (χ2n) is 6.94. The third kappa shape index (κ3) is 2.94. The molecule has 2 bridgehead atoms. The molecule has 5 atom stereocenters. The molecule has 0 radical (unpaired) electrons. The maximum Gasteiger partial charge on any atom is 0.310 e. The molecule has 2 aliphatic rings. The van der Waals surface area contributed by atoms with Crippen LogP contribution in [-0.2, 0) is 9.53 Å². The van der Waals surface area contributed by atoms with Crippen molar-refractivity contribution in [3.8, 4) is 5.75 Å². The Morgan fingerprint density at radius 2 is 2.04 bits per heavy atom. The summed E-state index contributed by atoms with van der Waals surface area (Å²) in [6, 6.07) is 7.79. The fourth-order valence-corrected chi connectivity index (χ4v) is 4.23. The fourth-order valence-electron chi connectivity index (χ4n) is 4.23. The monoisotopic (exact) mass is 314 g/mol. The van der Waals surface area contributed by atoms with E-state index >= 15 is 0 Å². The predicted octanol–water partition coefficient (Wildman–Crippen LogP) is 4.54. The lowest BCUT2D eigenvalue weighted by atomic mass is 9.64. The molecule has 3 heteroatoms. The third-order valence-corrected chi connectivity index (χ3v) is 5.50. The standard InChI is InChI=1S/C20H26O3/c1-5-18(21)23-17-9-7-6-8-15(17)20-19-13(3)10-12(2)16(11-22-20)14(19)4/h6-10,12,14,16,19-20H,5,11H2,1-4H3/t12-,14-,16+,19+,20+/m1/s1. The van der Waals surface area contributed by atoms with Crippen molar-refractivity contribution in [2.75, 3.05) is 6.61 Å². The van der Waals surface area contributed by atoms with Crippen LogP contribution in [0.4, 0.5) is 0 Å². The zero-order chi connectivity index (χ0) is 16.6. The Morgan fingerprint density at radius 1 is 1.30 bits per heavy atom. The number of carbonyl (C=O) groups excluding carboxylic acids is 1. The molecule has 0 saturated carbocycles. The average Bonchev–Trinajstić information content (AvgIpc) is 2.53. The van der Waals surface area contributed by atoms with E-state index in [2.05, 4.69) is 26.8 Å². The zero-order valence-corrected chi connectivity index (χ0v) is 14.4. The lowest BCUT2D eigenvalue weighted by Crippen LogP contribution is -2.42. The van der Waals surface area contributed by atoms with Crippen LogP contribution in [0.1, 0.15) is 45.8 Å². The first-order valence-corrected chi connectivity index (χ1v) is 8.62. The van der Waals surface area contributed by atoms with Gasteiger partial charge in [0.25, 0.3) is 0 Å². The quantitative estimate of drug-likeness (QED) is 0.467. The molecule has 1 fully saturated rings. The minimum atomic E-state index is -0.205. The summed E-state index contributed by atoms with van der Waals surface area (Å²) in [6.45, 7) is 9.39. The van der Waals surface area contributed by atoms with E-state index < -0.39 is 0 Å². The van der Waals surface area contributed by atoms with E-state index in [0.29, 0.717) is 35.8 Å². The summed E-state index contributed by atoms with van der Waals surface area (Å²) >= 11 is 0. The van der Waals surface area contributed by atoms with E-state index in [1.54, 1.807) is 0 Å².